The topological polar surface area (TPSA) is 72.8 Å². The molecule has 0 radical (unpaired) electrons. The SMILES string of the molecule is CCC(CC(C)C(=O)OC(C)C(F)(F)F)(C(=O)OC1(C)CCC(C(C)(O)C(F)(F)F)C1(F)F)C(F)(F)F. The molecular weight excluding hydrogens is 541 g/mol. The Bertz CT molecular complexity index is 849. The second-order valence-electron chi connectivity index (χ2n) is 9.64. The fourth-order valence-electron chi connectivity index (χ4n) is 4.16. The first kappa shape index (κ1) is 33.2. The first-order valence-corrected chi connectivity index (χ1v) is 11.0. The minimum Gasteiger partial charge on any atom is -0.453 e. The monoisotopic (exact) mass is 568 g/mol. The summed E-state index contributed by atoms with van der Waals surface area (Å²) in [6, 6.07) is 0. The number of carbonyl (C=O) groups is 2. The molecule has 1 N–H and O–H groups in total. The largest absolute Gasteiger partial charge is 0.453 e. The third kappa shape index (κ3) is 6.08. The molecule has 0 spiro atoms. The molecule has 218 valence electrons. The van der Waals surface area contributed by atoms with Gasteiger partial charge in [-0.25, -0.2) is 8.78 Å². The number of ether oxygens (including phenoxy) is 2. The first-order valence-electron chi connectivity index (χ1n) is 11.0. The van der Waals surface area contributed by atoms with Crippen LogP contribution in [0.3, 0.4) is 0 Å². The van der Waals surface area contributed by atoms with Gasteiger partial charge in [-0.05, 0) is 46.5 Å². The lowest BCUT2D eigenvalue weighted by Gasteiger charge is -2.42. The van der Waals surface area contributed by atoms with Crippen LogP contribution in [-0.2, 0) is 19.1 Å². The van der Waals surface area contributed by atoms with Gasteiger partial charge >= 0.3 is 30.5 Å². The lowest BCUT2D eigenvalue weighted by Crippen LogP contribution is -2.59. The summed E-state index contributed by atoms with van der Waals surface area (Å²) in [7, 11) is 0. The second kappa shape index (κ2) is 10.0. The Morgan fingerprint density at radius 2 is 1.49 bits per heavy atom. The molecule has 1 saturated carbocycles. The molecule has 16 heteroatoms. The number of halogens is 11. The highest BCUT2D eigenvalue weighted by atomic mass is 19.4. The van der Waals surface area contributed by atoms with Crippen LogP contribution in [0.25, 0.3) is 0 Å². The molecule has 6 unspecified atom stereocenters. The van der Waals surface area contributed by atoms with Crippen molar-refractivity contribution in [2.45, 2.75) is 102 Å². The van der Waals surface area contributed by atoms with E-state index in [4.69, 9.17) is 0 Å². The van der Waals surface area contributed by atoms with Gasteiger partial charge in [0.2, 0.25) is 0 Å². The summed E-state index contributed by atoms with van der Waals surface area (Å²) in [5, 5.41) is 9.74. The molecule has 5 nitrogen and oxygen atoms in total. The zero-order valence-electron chi connectivity index (χ0n) is 20.3. The zero-order chi connectivity index (χ0) is 29.6. The van der Waals surface area contributed by atoms with Gasteiger partial charge in [0, 0.05) is 0 Å². The standard InChI is InChI=1S/C21H27F11O5/c1-6-17(21(30,31)32,9-10(2)13(33)36-11(3)19(24,25)26)14(34)37-15(4)8-7-12(18(15,22)23)16(5,35)20(27,28)29/h10-12,35H,6-9H2,1-5H3. The average molecular weight is 568 g/mol. The molecule has 0 saturated heterocycles. The van der Waals surface area contributed by atoms with Crippen molar-refractivity contribution in [1.82, 2.24) is 0 Å². The molecule has 0 aromatic heterocycles. The van der Waals surface area contributed by atoms with Crippen molar-refractivity contribution < 1.29 is 72.5 Å². The number of rotatable bonds is 8. The molecule has 0 heterocycles. The maximum atomic E-state index is 15.1. The summed E-state index contributed by atoms with van der Waals surface area (Å²) in [6.07, 6.45) is -23.8. The predicted octanol–water partition coefficient (Wildman–Crippen LogP) is 6.13. The molecule has 0 amide bonds. The quantitative estimate of drug-likeness (QED) is 0.282. The van der Waals surface area contributed by atoms with Gasteiger partial charge in [0.1, 0.15) is 0 Å². The summed E-state index contributed by atoms with van der Waals surface area (Å²) in [4.78, 5) is 24.8. The number of carbonyl (C=O) groups excluding carboxylic acids is 2. The van der Waals surface area contributed by atoms with E-state index in [1.54, 1.807) is 0 Å². The van der Waals surface area contributed by atoms with Crippen molar-refractivity contribution in [1.29, 1.82) is 0 Å². The van der Waals surface area contributed by atoms with Gasteiger partial charge in [-0.15, -0.1) is 0 Å². The van der Waals surface area contributed by atoms with Crippen molar-refractivity contribution in [3.05, 3.63) is 0 Å². The lowest BCUT2D eigenvalue weighted by molar-refractivity contribution is -0.308. The number of aliphatic hydroxyl groups is 1. The van der Waals surface area contributed by atoms with Crippen LogP contribution in [0.5, 0.6) is 0 Å². The zero-order valence-corrected chi connectivity index (χ0v) is 20.3. The Kier molecular flexibility index (Phi) is 8.98. The summed E-state index contributed by atoms with van der Waals surface area (Å²) < 4.78 is 159. The third-order valence-corrected chi connectivity index (χ3v) is 6.97. The fraction of sp³-hybridized carbons (Fsp3) is 0.905. The number of alkyl halides is 11. The highest BCUT2D eigenvalue weighted by molar-refractivity contribution is 5.80. The van der Waals surface area contributed by atoms with Crippen LogP contribution in [-0.4, -0.2) is 58.8 Å². The van der Waals surface area contributed by atoms with Gasteiger partial charge in [-0.2, -0.15) is 39.5 Å². The van der Waals surface area contributed by atoms with Crippen molar-refractivity contribution >= 4 is 11.9 Å². The average Bonchev–Trinajstić information content (AvgIpc) is 2.92. The minimum absolute atomic E-state index is 0.0560. The van der Waals surface area contributed by atoms with E-state index in [0.29, 0.717) is 13.8 Å². The van der Waals surface area contributed by atoms with E-state index >= 15 is 8.78 Å². The summed E-state index contributed by atoms with van der Waals surface area (Å²) >= 11 is 0. The Morgan fingerprint density at radius 3 is 1.86 bits per heavy atom. The van der Waals surface area contributed by atoms with Gasteiger partial charge < -0.3 is 14.6 Å². The second-order valence-corrected chi connectivity index (χ2v) is 9.64. The minimum atomic E-state index is -5.58. The van der Waals surface area contributed by atoms with Gasteiger partial charge in [-0.1, -0.05) is 13.8 Å². The van der Waals surface area contributed by atoms with Crippen molar-refractivity contribution in [3.63, 3.8) is 0 Å². The molecule has 1 aliphatic rings. The van der Waals surface area contributed by atoms with E-state index in [1.165, 1.54) is 0 Å². The van der Waals surface area contributed by atoms with E-state index in [-0.39, 0.29) is 6.92 Å². The maximum absolute atomic E-state index is 15.1. The number of hydrogen-bond donors (Lipinski definition) is 1. The van der Waals surface area contributed by atoms with Crippen molar-refractivity contribution in [3.8, 4) is 0 Å². The molecule has 1 aliphatic carbocycles. The van der Waals surface area contributed by atoms with Crippen LogP contribution in [0.1, 0.15) is 60.3 Å². The van der Waals surface area contributed by atoms with Gasteiger partial charge in [0.25, 0.3) is 5.92 Å². The van der Waals surface area contributed by atoms with E-state index in [0.717, 1.165) is 13.8 Å². The maximum Gasteiger partial charge on any atom is 0.425 e. The molecule has 0 aliphatic heterocycles. The van der Waals surface area contributed by atoms with Crippen molar-refractivity contribution in [2.24, 2.45) is 17.3 Å². The summed E-state index contributed by atoms with van der Waals surface area (Å²) in [6.45, 7) is 2.37. The van der Waals surface area contributed by atoms with E-state index < -0.39 is 96.6 Å². The lowest BCUT2D eigenvalue weighted by atomic mass is 9.76. The molecule has 37 heavy (non-hydrogen) atoms. The first-order chi connectivity index (χ1) is 16.2. The van der Waals surface area contributed by atoms with Gasteiger partial charge in [-0.3, -0.25) is 9.59 Å². The summed E-state index contributed by atoms with van der Waals surface area (Å²) in [5.74, 6) is -13.7. The van der Waals surface area contributed by atoms with Crippen LogP contribution in [0.4, 0.5) is 48.3 Å². The van der Waals surface area contributed by atoms with Crippen LogP contribution in [0, 0.1) is 17.3 Å². The summed E-state index contributed by atoms with van der Waals surface area (Å²) in [5.41, 5.74) is -10.9. The van der Waals surface area contributed by atoms with Gasteiger partial charge in [0.15, 0.2) is 22.7 Å². The molecular formula is C21H27F11O5. The molecule has 0 bridgehead atoms. The van der Waals surface area contributed by atoms with E-state index in [2.05, 4.69) is 9.47 Å². The number of esters is 2. The van der Waals surface area contributed by atoms with E-state index in [9.17, 15) is 54.2 Å². The molecule has 6 atom stereocenters. The Balaban J connectivity index is 3.33. The Hall–Kier alpha value is -1.87. The molecule has 1 rings (SSSR count). The molecule has 1 fully saturated rings. The Morgan fingerprint density at radius 1 is 1.00 bits per heavy atom. The Labute approximate surface area is 204 Å². The van der Waals surface area contributed by atoms with Crippen LogP contribution >= 0.6 is 0 Å². The highest BCUT2D eigenvalue weighted by Crippen LogP contribution is 2.58. The van der Waals surface area contributed by atoms with Crippen LogP contribution in [0.2, 0.25) is 0 Å². The van der Waals surface area contributed by atoms with Gasteiger partial charge in [0.05, 0.1) is 11.8 Å². The fourth-order valence-corrected chi connectivity index (χ4v) is 4.16. The van der Waals surface area contributed by atoms with E-state index in [1.807, 2.05) is 0 Å². The smallest absolute Gasteiger partial charge is 0.425 e. The highest BCUT2D eigenvalue weighted by Gasteiger charge is 2.73. The van der Waals surface area contributed by atoms with Crippen LogP contribution < -0.4 is 0 Å². The molecule has 0 aromatic rings. The van der Waals surface area contributed by atoms with Crippen LogP contribution in [0.15, 0.2) is 0 Å². The number of hydrogen-bond acceptors (Lipinski definition) is 5. The molecule has 0 aromatic carbocycles. The predicted molar refractivity (Wildman–Crippen MR) is 103 cm³/mol. The normalized spacial score (nSPS) is 27.5. The van der Waals surface area contributed by atoms with Crippen molar-refractivity contribution in [2.75, 3.05) is 0 Å². The third-order valence-electron chi connectivity index (χ3n) is 6.97.